The third kappa shape index (κ3) is 5.46. The minimum absolute atomic E-state index is 0.0754. The van der Waals surface area contributed by atoms with Gasteiger partial charge in [-0.2, -0.15) is 0 Å². The summed E-state index contributed by atoms with van der Waals surface area (Å²) >= 11 is 7.38. The molecule has 2 aromatic rings. The van der Waals surface area contributed by atoms with Crippen LogP contribution in [0.4, 0.5) is 0 Å². The lowest BCUT2D eigenvalue weighted by molar-refractivity contribution is -0.127. The number of halogens is 1. The number of rotatable bonds is 8. The number of hydrogen-bond acceptors (Lipinski definition) is 5. The maximum absolute atomic E-state index is 12.1. The van der Waals surface area contributed by atoms with Gasteiger partial charge in [0.2, 0.25) is 5.91 Å². The second-order valence-corrected chi connectivity index (χ2v) is 6.84. The first-order chi connectivity index (χ1) is 11.5. The normalized spacial score (nSPS) is 10.7. The van der Waals surface area contributed by atoms with Gasteiger partial charge in [-0.1, -0.05) is 16.8 Å². The Balaban J connectivity index is 1.67. The molecule has 1 aromatic carbocycles. The van der Waals surface area contributed by atoms with E-state index in [-0.39, 0.29) is 5.91 Å². The Hall–Kier alpha value is -1.66. The Kier molecular flexibility index (Phi) is 6.99. The van der Waals surface area contributed by atoms with Crippen LogP contribution in [0.3, 0.4) is 0 Å². The first-order valence-electron chi connectivity index (χ1n) is 7.59. The van der Waals surface area contributed by atoms with E-state index in [1.807, 2.05) is 26.0 Å². The second-order valence-electron chi connectivity index (χ2n) is 5.41. The Morgan fingerprint density at radius 1 is 1.33 bits per heavy atom. The van der Waals surface area contributed by atoms with Crippen LogP contribution in [0.25, 0.3) is 0 Å². The van der Waals surface area contributed by atoms with Crippen molar-refractivity contribution in [2.24, 2.45) is 0 Å². The van der Waals surface area contributed by atoms with Crippen molar-refractivity contribution in [3.8, 4) is 5.75 Å². The number of hydrogen-bond donors (Lipinski definition) is 0. The summed E-state index contributed by atoms with van der Waals surface area (Å²) in [4.78, 5) is 13.8. The fourth-order valence-electron chi connectivity index (χ4n) is 2.01. The molecule has 0 aliphatic rings. The number of carbonyl (C=O) groups is 1. The van der Waals surface area contributed by atoms with Gasteiger partial charge in [-0.15, -0.1) is 11.8 Å². The van der Waals surface area contributed by atoms with Crippen LogP contribution in [0, 0.1) is 13.8 Å². The van der Waals surface area contributed by atoms with Gasteiger partial charge in [-0.05, 0) is 38.1 Å². The van der Waals surface area contributed by atoms with Gasteiger partial charge in [0.1, 0.15) is 18.1 Å². The number of benzene rings is 1. The first kappa shape index (κ1) is 18.7. The smallest absolute Gasteiger partial charge is 0.232 e. The number of nitrogens with zero attached hydrogens (tertiary/aromatic N) is 2. The van der Waals surface area contributed by atoms with E-state index in [0.29, 0.717) is 23.9 Å². The van der Waals surface area contributed by atoms with Gasteiger partial charge in [-0.25, -0.2) is 0 Å². The molecule has 1 aromatic heterocycles. The van der Waals surface area contributed by atoms with Crippen LogP contribution in [0.1, 0.15) is 17.0 Å². The zero-order valence-electron chi connectivity index (χ0n) is 14.0. The molecule has 1 heterocycles. The van der Waals surface area contributed by atoms with Crippen molar-refractivity contribution >= 4 is 29.3 Å². The standard InChI is InChI=1S/C17H21ClN2O3S/c1-12-16(13(2)23-19-12)10-24-11-17(21)20(3)8-9-22-15-6-4-14(18)5-7-15/h4-7H,8-11H2,1-3H3. The highest BCUT2D eigenvalue weighted by Gasteiger charge is 2.12. The minimum atomic E-state index is 0.0754. The summed E-state index contributed by atoms with van der Waals surface area (Å²) in [5, 5.41) is 4.59. The Morgan fingerprint density at radius 3 is 2.67 bits per heavy atom. The highest BCUT2D eigenvalue weighted by molar-refractivity contribution is 7.99. The summed E-state index contributed by atoms with van der Waals surface area (Å²) in [6.07, 6.45) is 0. The fraction of sp³-hybridized carbons (Fsp3) is 0.412. The molecule has 2 rings (SSSR count). The van der Waals surface area contributed by atoms with Crippen LogP contribution >= 0.6 is 23.4 Å². The minimum Gasteiger partial charge on any atom is -0.492 e. The molecule has 1 amide bonds. The monoisotopic (exact) mass is 368 g/mol. The van der Waals surface area contributed by atoms with Crippen LogP contribution in [0.5, 0.6) is 5.75 Å². The molecule has 0 aliphatic heterocycles. The van der Waals surface area contributed by atoms with E-state index in [4.69, 9.17) is 20.9 Å². The predicted molar refractivity (Wildman–Crippen MR) is 96.7 cm³/mol. The van der Waals surface area contributed by atoms with E-state index in [9.17, 15) is 4.79 Å². The first-order valence-corrected chi connectivity index (χ1v) is 9.12. The van der Waals surface area contributed by atoms with Crippen LogP contribution in [-0.2, 0) is 10.5 Å². The Morgan fingerprint density at radius 2 is 2.04 bits per heavy atom. The van der Waals surface area contributed by atoms with Gasteiger partial charge in [0.25, 0.3) is 0 Å². The predicted octanol–water partition coefficient (Wildman–Crippen LogP) is 3.72. The van der Waals surface area contributed by atoms with Crippen molar-refractivity contribution in [1.29, 1.82) is 0 Å². The maximum Gasteiger partial charge on any atom is 0.232 e. The number of amides is 1. The summed E-state index contributed by atoms with van der Waals surface area (Å²) in [5.41, 5.74) is 1.96. The lowest BCUT2D eigenvalue weighted by atomic mass is 10.2. The molecule has 7 heteroatoms. The molecular weight excluding hydrogens is 348 g/mol. The van der Waals surface area contributed by atoms with Crippen LogP contribution in [0.15, 0.2) is 28.8 Å². The van der Waals surface area contributed by atoms with Crippen molar-refractivity contribution < 1.29 is 14.1 Å². The van der Waals surface area contributed by atoms with Crippen molar-refractivity contribution in [3.63, 3.8) is 0 Å². The molecular formula is C17H21ClN2O3S. The zero-order valence-corrected chi connectivity index (χ0v) is 15.6. The van der Waals surface area contributed by atoms with E-state index < -0.39 is 0 Å². The highest BCUT2D eigenvalue weighted by atomic mass is 35.5. The van der Waals surface area contributed by atoms with Crippen molar-refractivity contribution in [2.45, 2.75) is 19.6 Å². The van der Waals surface area contributed by atoms with E-state index in [1.165, 1.54) is 0 Å². The van der Waals surface area contributed by atoms with E-state index >= 15 is 0 Å². The largest absolute Gasteiger partial charge is 0.492 e. The van der Waals surface area contributed by atoms with Gasteiger partial charge >= 0.3 is 0 Å². The van der Waals surface area contributed by atoms with E-state index in [1.54, 1.807) is 35.8 Å². The second kappa shape index (κ2) is 8.99. The molecule has 0 fully saturated rings. The number of ether oxygens (including phenoxy) is 1. The van der Waals surface area contributed by atoms with Gasteiger partial charge in [0, 0.05) is 23.4 Å². The molecule has 5 nitrogen and oxygen atoms in total. The van der Waals surface area contributed by atoms with Crippen LogP contribution in [0.2, 0.25) is 5.02 Å². The molecule has 0 radical (unpaired) electrons. The van der Waals surface area contributed by atoms with Gasteiger partial charge < -0.3 is 14.2 Å². The Bertz CT molecular complexity index is 653. The van der Waals surface area contributed by atoms with Crippen molar-refractivity contribution in [2.75, 3.05) is 26.0 Å². The Labute approximate surface area is 151 Å². The number of aryl methyl sites for hydroxylation is 2. The number of aromatic nitrogens is 1. The fourth-order valence-corrected chi connectivity index (χ4v) is 3.25. The summed E-state index contributed by atoms with van der Waals surface area (Å²) in [6, 6.07) is 7.17. The summed E-state index contributed by atoms with van der Waals surface area (Å²) in [6.45, 7) is 4.78. The number of thioether (sulfide) groups is 1. The third-order valence-corrected chi connectivity index (χ3v) is 4.78. The van der Waals surface area contributed by atoms with Gasteiger partial charge in [0.15, 0.2) is 0 Å². The van der Waals surface area contributed by atoms with E-state index in [2.05, 4.69) is 5.16 Å². The van der Waals surface area contributed by atoms with E-state index in [0.717, 1.165) is 28.5 Å². The summed E-state index contributed by atoms with van der Waals surface area (Å²) in [5.74, 6) is 2.78. The molecule has 24 heavy (non-hydrogen) atoms. The third-order valence-electron chi connectivity index (χ3n) is 3.59. The zero-order chi connectivity index (χ0) is 17.5. The molecule has 0 spiro atoms. The summed E-state index contributed by atoms with van der Waals surface area (Å²) in [7, 11) is 1.78. The average molecular weight is 369 g/mol. The molecule has 0 saturated heterocycles. The maximum atomic E-state index is 12.1. The molecule has 0 atom stereocenters. The molecule has 130 valence electrons. The average Bonchev–Trinajstić information content (AvgIpc) is 2.88. The van der Waals surface area contributed by atoms with Crippen LogP contribution in [-0.4, -0.2) is 41.9 Å². The molecule has 0 N–H and O–H groups in total. The SMILES string of the molecule is Cc1noc(C)c1CSCC(=O)N(C)CCOc1ccc(Cl)cc1. The molecule has 0 saturated carbocycles. The lowest BCUT2D eigenvalue weighted by Gasteiger charge is -2.17. The topological polar surface area (TPSA) is 55.6 Å². The molecule has 0 aliphatic carbocycles. The molecule has 0 bridgehead atoms. The molecule has 0 unspecified atom stereocenters. The number of carbonyl (C=O) groups excluding carboxylic acids is 1. The lowest BCUT2D eigenvalue weighted by Crippen LogP contribution is -2.32. The van der Waals surface area contributed by atoms with Gasteiger partial charge in [-0.3, -0.25) is 4.79 Å². The number of likely N-dealkylation sites (N-methyl/N-ethyl adjacent to an activating group) is 1. The van der Waals surface area contributed by atoms with Gasteiger partial charge in [0.05, 0.1) is 18.0 Å². The van der Waals surface area contributed by atoms with Crippen LogP contribution < -0.4 is 4.74 Å². The quantitative estimate of drug-likeness (QED) is 0.710. The van der Waals surface area contributed by atoms with Crippen molar-refractivity contribution in [3.05, 3.63) is 46.3 Å². The summed E-state index contributed by atoms with van der Waals surface area (Å²) < 4.78 is 10.7. The van der Waals surface area contributed by atoms with Crippen molar-refractivity contribution in [1.82, 2.24) is 10.1 Å². The highest BCUT2D eigenvalue weighted by Crippen LogP contribution is 2.19.